The molecular formula is C19H13Cl2IN2O5. The Hall–Kier alpha value is -2.30. The number of barbiturate groups is 1. The third kappa shape index (κ3) is 5.01. The minimum atomic E-state index is -0.853. The van der Waals surface area contributed by atoms with Crippen molar-refractivity contribution in [1.82, 2.24) is 10.6 Å². The van der Waals surface area contributed by atoms with E-state index in [4.69, 9.17) is 32.7 Å². The summed E-state index contributed by atoms with van der Waals surface area (Å²) < 4.78 is 12.0. The van der Waals surface area contributed by atoms with Gasteiger partial charge in [0.05, 0.1) is 10.7 Å². The summed E-state index contributed by atoms with van der Waals surface area (Å²) in [7, 11) is 1.48. The lowest BCUT2D eigenvalue weighted by Gasteiger charge is -2.16. The molecule has 0 bridgehead atoms. The molecule has 4 amide bonds. The highest BCUT2D eigenvalue weighted by Gasteiger charge is 2.27. The number of methoxy groups -OCH3 is 1. The molecule has 29 heavy (non-hydrogen) atoms. The quantitative estimate of drug-likeness (QED) is 0.337. The highest BCUT2D eigenvalue weighted by molar-refractivity contribution is 14.1. The summed E-state index contributed by atoms with van der Waals surface area (Å²) in [6, 6.07) is 7.59. The number of carbonyl (C=O) groups excluding carboxylic acids is 3. The summed E-state index contributed by atoms with van der Waals surface area (Å²) in [5.41, 5.74) is 1.09. The summed E-state index contributed by atoms with van der Waals surface area (Å²) in [6.07, 6.45) is 1.36. The molecule has 2 aromatic carbocycles. The second-order valence-electron chi connectivity index (χ2n) is 5.85. The monoisotopic (exact) mass is 546 g/mol. The van der Waals surface area contributed by atoms with Crippen LogP contribution < -0.4 is 20.1 Å². The molecule has 7 nitrogen and oxygen atoms in total. The summed E-state index contributed by atoms with van der Waals surface area (Å²) >= 11 is 14.1. The van der Waals surface area contributed by atoms with E-state index < -0.39 is 17.8 Å². The Labute approximate surface area is 189 Å². The fourth-order valence-corrected chi connectivity index (χ4v) is 3.77. The van der Waals surface area contributed by atoms with Crippen LogP contribution in [0, 0.1) is 3.57 Å². The molecule has 3 rings (SSSR count). The molecule has 10 heteroatoms. The molecule has 0 atom stereocenters. The molecule has 1 saturated heterocycles. The average molecular weight is 547 g/mol. The molecule has 2 N–H and O–H groups in total. The van der Waals surface area contributed by atoms with Crippen LogP contribution in [0.5, 0.6) is 11.5 Å². The first-order valence-corrected chi connectivity index (χ1v) is 9.94. The van der Waals surface area contributed by atoms with Crippen molar-refractivity contribution in [1.29, 1.82) is 0 Å². The zero-order valence-electron chi connectivity index (χ0n) is 14.8. The standard InChI is InChI=1S/C19H13Cl2IN2O5/c1-28-15-6-9(4-12-17(25)23-19(27)24-18(12)26)5-14(22)16(15)29-8-10-2-3-11(20)7-13(10)21/h2-7H,8H2,1H3,(H2,23,24,25,26,27). The SMILES string of the molecule is COc1cc(C=C2C(=O)NC(=O)NC2=O)cc(I)c1OCc1ccc(Cl)cc1Cl. The van der Waals surface area contributed by atoms with Crippen molar-refractivity contribution in [3.05, 3.63) is 60.6 Å². The number of urea groups is 1. The largest absolute Gasteiger partial charge is 0.493 e. The molecule has 0 unspecified atom stereocenters. The summed E-state index contributed by atoms with van der Waals surface area (Å²) in [5, 5.41) is 5.06. The fourth-order valence-electron chi connectivity index (χ4n) is 2.52. The molecule has 0 radical (unpaired) electrons. The lowest BCUT2D eigenvalue weighted by atomic mass is 10.1. The second kappa shape index (κ2) is 9.02. The van der Waals surface area contributed by atoms with Crippen LogP contribution in [-0.4, -0.2) is 25.0 Å². The number of carbonyl (C=O) groups is 3. The molecule has 1 fully saturated rings. The minimum absolute atomic E-state index is 0.190. The van der Waals surface area contributed by atoms with Crippen molar-refractivity contribution in [3.63, 3.8) is 0 Å². The molecule has 0 spiro atoms. The van der Waals surface area contributed by atoms with Gasteiger partial charge in [0.25, 0.3) is 11.8 Å². The number of hydrogen-bond donors (Lipinski definition) is 2. The number of hydrogen-bond acceptors (Lipinski definition) is 5. The summed E-state index contributed by atoms with van der Waals surface area (Å²) in [4.78, 5) is 35.0. The lowest BCUT2D eigenvalue weighted by molar-refractivity contribution is -0.123. The Morgan fingerprint density at radius 2 is 1.76 bits per heavy atom. The Balaban J connectivity index is 1.87. The minimum Gasteiger partial charge on any atom is -0.493 e. The Bertz CT molecular complexity index is 1030. The van der Waals surface area contributed by atoms with Crippen LogP contribution in [0.3, 0.4) is 0 Å². The van der Waals surface area contributed by atoms with Crippen molar-refractivity contribution >= 4 is 69.7 Å². The molecular weight excluding hydrogens is 534 g/mol. The van der Waals surface area contributed by atoms with Crippen molar-refractivity contribution < 1.29 is 23.9 Å². The Kier molecular flexibility index (Phi) is 6.66. The van der Waals surface area contributed by atoms with Gasteiger partial charge in [-0.2, -0.15) is 0 Å². The van der Waals surface area contributed by atoms with Gasteiger partial charge in [-0.3, -0.25) is 20.2 Å². The van der Waals surface area contributed by atoms with E-state index in [9.17, 15) is 14.4 Å². The maximum atomic E-state index is 11.9. The molecule has 150 valence electrons. The van der Waals surface area contributed by atoms with Crippen LogP contribution in [0.25, 0.3) is 6.08 Å². The van der Waals surface area contributed by atoms with E-state index in [1.165, 1.54) is 13.2 Å². The third-order valence-electron chi connectivity index (χ3n) is 3.89. The van der Waals surface area contributed by atoms with Gasteiger partial charge in [-0.15, -0.1) is 0 Å². The van der Waals surface area contributed by atoms with Crippen molar-refractivity contribution in [2.45, 2.75) is 6.61 Å². The number of benzene rings is 2. The number of imide groups is 2. The van der Waals surface area contributed by atoms with Crippen LogP contribution in [0.1, 0.15) is 11.1 Å². The van der Waals surface area contributed by atoms with Gasteiger partial charge in [-0.25, -0.2) is 4.79 Å². The van der Waals surface area contributed by atoms with Crippen molar-refractivity contribution in [2.75, 3.05) is 7.11 Å². The second-order valence-corrected chi connectivity index (χ2v) is 7.86. The first kappa shape index (κ1) is 21.4. The van der Waals surface area contributed by atoms with Crippen molar-refractivity contribution in [2.24, 2.45) is 0 Å². The van der Waals surface area contributed by atoms with E-state index >= 15 is 0 Å². The molecule has 1 heterocycles. The van der Waals surface area contributed by atoms with Crippen LogP contribution >= 0.6 is 45.8 Å². The van der Waals surface area contributed by atoms with E-state index in [-0.39, 0.29) is 12.2 Å². The number of rotatable bonds is 5. The van der Waals surface area contributed by atoms with E-state index in [1.54, 1.807) is 30.3 Å². The third-order valence-corrected chi connectivity index (χ3v) is 5.28. The predicted molar refractivity (Wildman–Crippen MR) is 116 cm³/mol. The number of halogens is 3. The summed E-state index contributed by atoms with van der Waals surface area (Å²) in [5.74, 6) is -0.661. The molecule has 1 aliphatic rings. The summed E-state index contributed by atoms with van der Waals surface area (Å²) in [6.45, 7) is 0.190. The topological polar surface area (TPSA) is 93.7 Å². The van der Waals surface area contributed by atoms with Gasteiger partial charge in [-0.05, 0) is 58.5 Å². The lowest BCUT2D eigenvalue weighted by Crippen LogP contribution is -2.51. The first-order chi connectivity index (χ1) is 13.8. The maximum absolute atomic E-state index is 11.9. The number of nitrogens with one attached hydrogen (secondary N) is 2. The van der Waals surface area contributed by atoms with Gasteiger partial charge in [0.2, 0.25) is 0 Å². The average Bonchev–Trinajstić information content (AvgIpc) is 2.64. The molecule has 0 saturated carbocycles. The van der Waals surface area contributed by atoms with E-state index in [0.29, 0.717) is 30.7 Å². The van der Waals surface area contributed by atoms with Gasteiger partial charge in [0.1, 0.15) is 12.2 Å². The van der Waals surface area contributed by atoms with Gasteiger partial charge in [-0.1, -0.05) is 29.3 Å². The fraction of sp³-hybridized carbons (Fsp3) is 0.105. The Morgan fingerprint density at radius 1 is 1.07 bits per heavy atom. The molecule has 0 aromatic heterocycles. The first-order valence-electron chi connectivity index (χ1n) is 8.11. The van der Waals surface area contributed by atoms with Gasteiger partial charge in [0.15, 0.2) is 11.5 Å². The molecule has 1 aliphatic heterocycles. The predicted octanol–water partition coefficient (Wildman–Crippen LogP) is 3.94. The van der Waals surface area contributed by atoms with Crippen LogP contribution in [-0.2, 0) is 16.2 Å². The molecule has 2 aromatic rings. The maximum Gasteiger partial charge on any atom is 0.328 e. The number of ether oxygens (including phenoxy) is 2. The number of amides is 4. The van der Waals surface area contributed by atoms with Gasteiger partial charge in [0, 0.05) is 15.6 Å². The highest BCUT2D eigenvalue weighted by atomic mass is 127. The highest BCUT2D eigenvalue weighted by Crippen LogP contribution is 2.36. The smallest absolute Gasteiger partial charge is 0.328 e. The van der Waals surface area contributed by atoms with Gasteiger partial charge < -0.3 is 9.47 Å². The van der Waals surface area contributed by atoms with Crippen LogP contribution in [0.15, 0.2) is 35.9 Å². The van der Waals surface area contributed by atoms with Crippen LogP contribution in [0.2, 0.25) is 10.0 Å². The van der Waals surface area contributed by atoms with Crippen LogP contribution in [0.4, 0.5) is 4.79 Å². The molecule has 0 aliphatic carbocycles. The van der Waals surface area contributed by atoms with E-state index in [1.807, 2.05) is 10.6 Å². The zero-order valence-corrected chi connectivity index (χ0v) is 18.5. The van der Waals surface area contributed by atoms with E-state index in [0.717, 1.165) is 5.56 Å². The van der Waals surface area contributed by atoms with Crippen molar-refractivity contribution in [3.8, 4) is 11.5 Å². The van der Waals surface area contributed by atoms with E-state index in [2.05, 4.69) is 22.6 Å². The zero-order chi connectivity index (χ0) is 21.1. The van der Waals surface area contributed by atoms with Gasteiger partial charge >= 0.3 is 6.03 Å². The Morgan fingerprint density at radius 3 is 2.38 bits per heavy atom. The normalized spacial score (nSPS) is 13.7.